The lowest BCUT2D eigenvalue weighted by atomic mass is 10.0. The van der Waals surface area contributed by atoms with Crippen molar-refractivity contribution in [2.45, 2.75) is 18.9 Å². The van der Waals surface area contributed by atoms with Gasteiger partial charge in [-0.1, -0.05) is 30.3 Å². The van der Waals surface area contributed by atoms with Crippen LogP contribution in [0.2, 0.25) is 0 Å². The zero-order chi connectivity index (χ0) is 10.4. The molecule has 1 unspecified atom stereocenters. The van der Waals surface area contributed by atoms with Crippen molar-refractivity contribution in [1.29, 1.82) is 0 Å². The van der Waals surface area contributed by atoms with Gasteiger partial charge in [-0.15, -0.1) is 0 Å². The first-order valence-electron chi connectivity index (χ1n) is 5.14. The fraction of sp³-hybridized carbons (Fsp3) is 0.500. The van der Waals surface area contributed by atoms with E-state index in [4.69, 9.17) is 5.73 Å². The number of benzene rings is 1. The van der Waals surface area contributed by atoms with Crippen molar-refractivity contribution in [2.24, 2.45) is 5.73 Å². The Kier molecular flexibility index (Phi) is 4.63. The average molecular weight is 192 g/mol. The Bertz CT molecular complexity index is 244. The van der Waals surface area contributed by atoms with Gasteiger partial charge in [-0.3, -0.25) is 0 Å². The topological polar surface area (TPSA) is 29.3 Å². The van der Waals surface area contributed by atoms with Crippen LogP contribution in [0.3, 0.4) is 0 Å². The van der Waals surface area contributed by atoms with Crippen molar-refractivity contribution >= 4 is 0 Å². The molecule has 0 aliphatic carbocycles. The maximum Gasteiger partial charge on any atom is 0.0142 e. The summed E-state index contributed by atoms with van der Waals surface area (Å²) in [5, 5.41) is 0. The molecule has 14 heavy (non-hydrogen) atoms. The summed E-state index contributed by atoms with van der Waals surface area (Å²) in [6.07, 6.45) is 2.15. The molecular weight excluding hydrogens is 172 g/mol. The van der Waals surface area contributed by atoms with E-state index in [1.165, 1.54) is 5.56 Å². The summed E-state index contributed by atoms with van der Waals surface area (Å²) in [6, 6.07) is 11.1. The smallest absolute Gasteiger partial charge is 0.0142 e. The molecule has 0 spiro atoms. The van der Waals surface area contributed by atoms with Crippen LogP contribution < -0.4 is 5.73 Å². The molecule has 0 aliphatic rings. The number of rotatable bonds is 5. The molecule has 0 saturated carbocycles. The number of hydrogen-bond donors (Lipinski definition) is 1. The molecule has 1 aromatic rings. The van der Waals surface area contributed by atoms with E-state index in [0.717, 1.165) is 19.4 Å². The fourth-order valence-corrected chi connectivity index (χ4v) is 1.62. The highest BCUT2D eigenvalue weighted by molar-refractivity contribution is 5.15. The van der Waals surface area contributed by atoms with Gasteiger partial charge in [0, 0.05) is 6.04 Å². The van der Waals surface area contributed by atoms with Crippen molar-refractivity contribution in [3.63, 3.8) is 0 Å². The third-order valence-electron chi connectivity index (χ3n) is 2.54. The van der Waals surface area contributed by atoms with Crippen LogP contribution in [-0.4, -0.2) is 31.6 Å². The Hall–Kier alpha value is -0.860. The van der Waals surface area contributed by atoms with Gasteiger partial charge in [0.2, 0.25) is 0 Å². The van der Waals surface area contributed by atoms with E-state index in [0.29, 0.717) is 6.04 Å². The summed E-state index contributed by atoms with van der Waals surface area (Å²) < 4.78 is 0. The Morgan fingerprint density at radius 3 is 2.36 bits per heavy atom. The molecule has 0 fully saturated rings. The van der Waals surface area contributed by atoms with Crippen LogP contribution in [0.4, 0.5) is 0 Å². The number of nitrogens with two attached hydrogens (primary N) is 1. The second-order valence-electron chi connectivity index (χ2n) is 3.88. The highest BCUT2D eigenvalue weighted by Gasteiger charge is 2.10. The minimum atomic E-state index is 0.558. The lowest BCUT2D eigenvalue weighted by molar-refractivity contribution is 0.279. The molecule has 0 amide bonds. The standard InChI is InChI=1S/C12H20N2/c1-14(2)12(8-9-13)10-11-6-4-3-5-7-11/h3-7,12H,8-10,13H2,1-2H3. The van der Waals surface area contributed by atoms with Crippen molar-refractivity contribution in [2.75, 3.05) is 20.6 Å². The van der Waals surface area contributed by atoms with Gasteiger partial charge >= 0.3 is 0 Å². The van der Waals surface area contributed by atoms with E-state index in [2.05, 4.69) is 49.3 Å². The number of likely N-dealkylation sites (N-methyl/N-ethyl adjacent to an activating group) is 1. The summed E-state index contributed by atoms with van der Waals surface area (Å²) in [5.74, 6) is 0. The zero-order valence-corrected chi connectivity index (χ0v) is 9.11. The van der Waals surface area contributed by atoms with Gasteiger partial charge < -0.3 is 10.6 Å². The van der Waals surface area contributed by atoms with E-state index in [1.807, 2.05) is 0 Å². The maximum absolute atomic E-state index is 5.59. The predicted octanol–water partition coefficient (Wildman–Crippen LogP) is 1.51. The molecule has 0 bridgehead atoms. The lowest BCUT2D eigenvalue weighted by Gasteiger charge is -2.23. The molecule has 2 heteroatoms. The van der Waals surface area contributed by atoms with Gasteiger partial charge in [-0.25, -0.2) is 0 Å². The van der Waals surface area contributed by atoms with Crippen LogP contribution >= 0.6 is 0 Å². The second kappa shape index (κ2) is 5.78. The summed E-state index contributed by atoms with van der Waals surface area (Å²) in [4.78, 5) is 2.25. The molecule has 0 radical (unpaired) electrons. The molecule has 1 rings (SSSR count). The van der Waals surface area contributed by atoms with E-state index >= 15 is 0 Å². The normalized spacial score (nSPS) is 13.1. The van der Waals surface area contributed by atoms with Crippen molar-refractivity contribution in [1.82, 2.24) is 4.90 Å². The average Bonchev–Trinajstić information content (AvgIpc) is 2.18. The Morgan fingerprint density at radius 1 is 1.21 bits per heavy atom. The molecule has 0 saturated heterocycles. The highest BCUT2D eigenvalue weighted by Crippen LogP contribution is 2.08. The summed E-state index contributed by atoms with van der Waals surface area (Å²) >= 11 is 0. The van der Waals surface area contributed by atoms with Crippen molar-refractivity contribution in [3.05, 3.63) is 35.9 Å². The fourth-order valence-electron chi connectivity index (χ4n) is 1.62. The van der Waals surface area contributed by atoms with Gasteiger partial charge in [0.15, 0.2) is 0 Å². The van der Waals surface area contributed by atoms with Gasteiger partial charge in [-0.05, 0) is 39.0 Å². The molecule has 0 aliphatic heterocycles. The third kappa shape index (κ3) is 3.48. The SMILES string of the molecule is CN(C)C(CCN)Cc1ccccc1. The molecule has 1 atom stereocenters. The maximum atomic E-state index is 5.59. The second-order valence-corrected chi connectivity index (χ2v) is 3.88. The molecule has 0 heterocycles. The van der Waals surface area contributed by atoms with Gasteiger partial charge in [0.1, 0.15) is 0 Å². The third-order valence-corrected chi connectivity index (χ3v) is 2.54. The summed E-state index contributed by atoms with van der Waals surface area (Å²) in [6.45, 7) is 0.760. The minimum Gasteiger partial charge on any atom is -0.330 e. The molecule has 78 valence electrons. The van der Waals surface area contributed by atoms with E-state index in [1.54, 1.807) is 0 Å². The van der Waals surface area contributed by atoms with Crippen LogP contribution in [0.1, 0.15) is 12.0 Å². The van der Waals surface area contributed by atoms with E-state index < -0.39 is 0 Å². The van der Waals surface area contributed by atoms with Crippen LogP contribution in [0.25, 0.3) is 0 Å². The first-order valence-corrected chi connectivity index (χ1v) is 5.14. The number of hydrogen-bond acceptors (Lipinski definition) is 2. The first kappa shape index (κ1) is 11.2. The minimum absolute atomic E-state index is 0.558. The molecular formula is C12H20N2. The zero-order valence-electron chi connectivity index (χ0n) is 9.11. The molecule has 2 N–H and O–H groups in total. The van der Waals surface area contributed by atoms with Crippen LogP contribution in [-0.2, 0) is 6.42 Å². The monoisotopic (exact) mass is 192 g/mol. The van der Waals surface area contributed by atoms with Crippen molar-refractivity contribution in [3.8, 4) is 0 Å². The quantitative estimate of drug-likeness (QED) is 0.766. The van der Waals surface area contributed by atoms with Gasteiger partial charge in [0.25, 0.3) is 0 Å². The van der Waals surface area contributed by atoms with Crippen LogP contribution in [0.5, 0.6) is 0 Å². The summed E-state index contributed by atoms with van der Waals surface area (Å²) in [5.41, 5.74) is 6.98. The largest absolute Gasteiger partial charge is 0.330 e. The molecule has 1 aromatic carbocycles. The Labute approximate surface area is 86.7 Å². The first-order chi connectivity index (χ1) is 6.74. The molecule has 0 aromatic heterocycles. The number of nitrogens with zero attached hydrogens (tertiary/aromatic N) is 1. The van der Waals surface area contributed by atoms with E-state index in [-0.39, 0.29) is 0 Å². The highest BCUT2D eigenvalue weighted by atomic mass is 15.1. The van der Waals surface area contributed by atoms with Crippen LogP contribution in [0, 0.1) is 0 Å². The van der Waals surface area contributed by atoms with Crippen molar-refractivity contribution < 1.29 is 0 Å². The molecule has 2 nitrogen and oxygen atoms in total. The van der Waals surface area contributed by atoms with Gasteiger partial charge in [0.05, 0.1) is 0 Å². The van der Waals surface area contributed by atoms with Crippen LogP contribution in [0.15, 0.2) is 30.3 Å². The lowest BCUT2D eigenvalue weighted by Crippen LogP contribution is -2.32. The predicted molar refractivity (Wildman–Crippen MR) is 61.3 cm³/mol. The summed E-state index contributed by atoms with van der Waals surface area (Å²) in [7, 11) is 4.23. The van der Waals surface area contributed by atoms with E-state index in [9.17, 15) is 0 Å². The Balaban J connectivity index is 2.55. The van der Waals surface area contributed by atoms with Gasteiger partial charge in [-0.2, -0.15) is 0 Å². The Morgan fingerprint density at radius 2 is 1.86 bits per heavy atom.